The minimum Gasteiger partial charge on any atom is -0.338 e. The van der Waals surface area contributed by atoms with Crippen molar-refractivity contribution in [1.82, 2.24) is 16.0 Å². The first-order valence-corrected chi connectivity index (χ1v) is 5.81. The summed E-state index contributed by atoms with van der Waals surface area (Å²) in [5, 5.41) is 9.10. The van der Waals surface area contributed by atoms with E-state index in [-0.39, 0.29) is 11.4 Å². The van der Waals surface area contributed by atoms with E-state index in [1.165, 1.54) is 12.8 Å². The molecular formula is C11H23N3O. The fourth-order valence-corrected chi connectivity index (χ4v) is 2.04. The van der Waals surface area contributed by atoms with E-state index in [1.54, 1.807) is 0 Å². The van der Waals surface area contributed by atoms with Crippen LogP contribution in [0.1, 0.15) is 33.6 Å². The van der Waals surface area contributed by atoms with E-state index in [0.29, 0.717) is 19.1 Å². The molecule has 4 nitrogen and oxygen atoms in total. The van der Waals surface area contributed by atoms with Crippen LogP contribution in [0.25, 0.3) is 0 Å². The Morgan fingerprint density at radius 1 is 1.47 bits per heavy atom. The van der Waals surface area contributed by atoms with E-state index in [0.717, 1.165) is 6.54 Å². The van der Waals surface area contributed by atoms with E-state index in [9.17, 15) is 4.79 Å². The van der Waals surface area contributed by atoms with Gasteiger partial charge in [-0.25, -0.2) is 4.79 Å². The van der Waals surface area contributed by atoms with Crippen molar-refractivity contribution in [2.45, 2.75) is 39.7 Å². The molecule has 0 saturated carbocycles. The molecule has 2 amide bonds. The summed E-state index contributed by atoms with van der Waals surface area (Å²) in [6.45, 7) is 8.87. The molecule has 1 heterocycles. The number of rotatable bonds is 3. The zero-order chi connectivity index (χ0) is 11.3. The Morgan fingerprint density at radius 2 is 2.20 bits per heavy atom. The highest BCUT2D eigenvalue weighted by Gasteiger charge is 2.31. The van der Waals surface area contributed by atoms with Gasteiger partial charge in [0.15, 0.2) is 0 Å². The molecule has 15 heavy (non-hydrogen) atoms. The van der Waals surface area contributed by atoms with Gasteiger partial charge in [0.1, 0.15) is 0 Å². The van der Waals surface area contributed by atoms with Gasteiger partial charge >= 0.3 is 6.03 Å². The molecule has 1 atom stereocenters. The summed E-state index contributed by atoms with van der Waals surface area (Å²) < 4.78 is 0. The second kappa shape index (κ2) is 5.35. The maximum atomic E-state index is 11.2. The number of amides is 2. The molecule has 0 aliphatic carbocycles. The summed E-state index contributed by atoms with van der Waals surface area (Å²) in [6, 6.07) is 0.314. The molecule has 0 aromatic heterocycles. The van der Waals surface area contributed by atoms with Gasteiger partial charge in [0, 0.05) is 19.1 Å². The molecule has 1 aliphatic heterocycles. The van der Waals surface area contributed by atoms with Crippen LogP contribution in [-0.2, 0) is 0 Å². The first kappa shape index (κ1) is 12.3. The predicted molar refractivity (Wildman–Crippen MR) is 61.9 cm³/mol. The molecule has 0 bridgehead atoms. The summed E-state index contributed by atoms with van der Waals surface area (Å²) in [5.74, 6) is 0. The lowest BCUT2D eigenvalue weighted by Crippen LogP contribution is -2.53. The topological polar surface area (TPSA) is 53.2 Å². The number of hydrogen-bond donors (Lipinski definition) is 3. The Bertz CT molecular complexity index is 216. The molecule has 0 aromatic carbocycles. The summed E-state index contributed by atoms with van der Waals surface area (Å²) in [7, 11) is 0. The third-order valence-corrected chi connectivity index (χ3v) is 3.14. The van der Waals surface area contributed by atoms with Crippen LogP contribution in [0.15, 0.2) is 0 Å². The van der Waals surface area contributed by atoms with Crippen LogP contribution in [0.4, 0.5) is 4.79 Å². The second-order valence-electron chi connectivity index (χ2n) is 4.84. The third-order valence-electron chi connectivity index (χ3n) is 3.14. The maximum Gasteiger partial charge on any atom is 0.314 e. The number of urea groups is 1. The average Bonchev–Trinajstić information content (AvgIpc) is 2.16. The zero-order valence-electron chi connectivity index (χ0n) is 10.0. The summed E-state index contributed by atoms with van der Waals surface area (Å²) in [6.07, 6.45) is 2.45. The number of nitrogens with one attached hydrogen (secondary N) is 3. The number of carbonyl (C=O) groups excluding carboxylic acids is 1. The van der Waals surface area contributed by atoms with E-state index >= 15 is 0 Å². The smallest absolute Gasteiger partial charge is 0.314 e. The number of carbonyl (C=O) groups is 1. The predicted octanol–water partition coefficient (Wildman–Crippen LogP) is 1.08. The minimum absolute atomic E-state index is 0.0688. The molecule has 4 heteroatoms. The largest absolute Gasteiger partial charge is 0.338 e. The van der Waals surface area contributed by atoms with Crippen LogP contribution in [0.3, 0.4) is 0 Å². The molecule has 0 radical (unpaired) electrons. The standard InChI is InChI=1S/C11H23N3O/c1-4-12-10(15)14-8-9-11(2,3)6-5-7-13-9/h9,13H,4-8H2,1-3H3,(H2,12,14,15). The molecule has 0 aromatic rings. The fraction of sp³-hybridized carbons (Fsp3) is 0.909. The lowest BCUT2D eigenvalue weighted by Gasteiger charge is -2.39. The molecular weight excluding hydrogens is 190 g/mol. The Kier molecular flexibility index (Phi) is 4.39. The van der Waals surface area contributed by atoms with E-state index in [2.05, 4.69) is 29.8 Å². The van der Waals surface area contributed by atoms with Gasteiger partial charge in [-0.15, -0.1) is 0 Å². The SMILES string of the molecule is CCNC(=O)NCC1NCCCC1(C)C. The van der Waals surface area contributed by atoms with Crippen LogP contribution < -0.4 is 16.0 Å². The first-order chi connectivity index (χ1) is 7.06. The van der Waals surface area contributed by atoms with Crippen molar-refractivity contribution in [3.05, 3.63) is 0 Å². The molecule has 1 aliphatic rings. The van der Waals surface area contributed by atoms with Crippen molar-refractivity contribution in [2.75, 3.05) is 19.6 Å². The van der Waals surface area contributed by atoms with Crippen LogP contribution in [0, 0.1) is 5.41 Å². The van der Waals surface area contributed by atoms with Gasteiger partial charge in [0.25, 0.3) is 0 Å². The Hall–Kier alpha value is -0.770. The Labute approximate surface area is 92.2 Å². The molecule has 88 valence electrons. The van der Waals surface area contributed by atoms with Crippen molar-refractivity contribution >= 4 is 6.03 Å². The monoisotopic (exact) mass is 213 g/mol. The summed E-state index contributed by atoms with van der Waals surface area (Å²) in [5.41, 5.74) is 0.276. The van der Waals surface area contributed by atoms with Gasteiger partial charge in [0.2, 0.25) is 0 Å². The fourth-order valence-electron chi connectivity index (χ4n) is 2.04. The molecule has 0 spiro atoms. The quantitative estimate of drug-likeness (QED) is 0.657. The minimum atomic E-state index is -0.0688. The Balaban J connectivity index is 2.33. The molecule has 1 rings (SSSR count). The van der Waals surface area contributed by atoms with Crippen LogP contribution in [0.5, 0.6) is 0 Å². The van der Waals surface area contributed by atoms with Crippen LogP contribution >= 0.6 is 0 Å². The van der Waals surface area contributed by atoms with Crippen molar-refractivity contribution in [3.63, 3.8) is 0 Å². The lowest BCUT2D eigenvalue weighted by molar-refractivity contribution is 0.175. The van der Waals surface area contributed by atoms with Gasteiger partial charge < -0.3 is 16.0 Å². The van der Waals surface area contributed by atoms with Crippen molar-refractivity contribution < 1.29 is 4.79 Å². The van der Waals surface area contributed by atoms with E-state index in [1.807, 2.05) is 6.92 Å². The molecule has 1 unspecified atom stereocenters. The van der Waals surface area contributed by atoms with Crippen LogP contribution in [0.2, 0.25) is 0 Å². The Morgan fingerprint density at radius 3 is 2.80 bits per heavy atom. The summed E-state index contributed by atoms with van der Waals surface area (Å²) >= 11 is 0. The van der Waals surface area contributed by atoms with Crippen molar-refractivity contribution in [1.29, 1.82) is 0 Å². The number of hydrogen-bond acceptors (Lipinski definition) is 2. The van der Waals surface area contributed by atoms with E-state index < -0.39 is 0 Å². The average molecular weight is 213 g/mol. The third kappa shape index (κ3) is 3.70. The maximum absolute atomic E-state index is 11.2. The highest BCUT2D eigenvalue weighted by Crippen LogP contribution is 2.29. The number of piperidine rings is 1. The van der Waals surface area contributed by atoms with Crippen molar-refractivity contribution in [3.8, 4) is 0 Å². The highest BCUT2D eigenvalue weighted by atomic mass is 16.2. The first-order valence-electron chi connectivity index (χ1n) is 5.81. The summed E-state index contributed by atoms with van der Waals surface area (Å²) in [4.78, 5) is 11.2. The normalized spacial score (nSPS) is 24.6. The molecule has 3 N–H and O–H groups in total. The molecule has 1 saturated heterocycles. The van der Waals surface area contributed by atoms with Gasteiger partial charge in [-0.1, -0.05) is 13.8 Å². The molecule has 1 fully saturated rings. The van der Waals surface area contributed by atoms with E-state index in [4.69, 9.17) is 0 Å². The van der Waals surface area contributed by atoms with Gasteiger partial charge in [-0.2, -0.15) is 0 Å². The van der Waals surface area contributed by atoms with Gasteiger partial charge in [-0.3, -0.25) is 0 Å². The zero-order valence-corrected chi connectivity index (χ0v) is 10.0. The van der Waals surface area contributed by atoms with Gasteiger partial charge in [0.05, 0.1) is 0 Å². The van der Waals surface area contributed by atoms with Crippen molar-refractivity contribution in [2.24, 2.45) is 5.41 Å². The second-order valence-corrected chi connectivity index (χ2v) is 4.84. The highest BCUT2D eigenvalue weighted by molar-refractivity contribution is 5.73. The lowest BCUT2D eigenvalue weighted by atomic mass is 9.77. The van der Waals surface area contributed by atoms with Crippen LogP contribution in [-0.4, -0.2) is 31.7 Å². The van der Waals surface area contributed by atoms with Gasteiger partial charge in [-0.05, 0) is 31.7 Å².